The molecule has 0 aliphatic carbocycles. The zero-order chi connectivity index (χ0) is 29.1. The van der Waals surface area contributed by atoms with E-state index in [9.17, 15) is 37.1 Å². The van der Waals surface area contributed by atoms with Crippen molar-refractivity contribution in [1.82, 2.24) is 0 Å². The lowest BCUT2D eigenvalue weighted by Crippen LogP contribution is -2.06. The van der Waals surface area contributed by atoms with Crippen LogP contribution in [0.25, 0.3) is 0 Å². The molecule has 0 aromatic heterocycles. The van der Waals surface area contributed by atoms with Crippen LogP contribution >= 0.6 is 10.7 Å². The molecule has 0 aliphatic rings. The summed E-state index contributed by atoms with van der Waals surface area (Å²) in [7, 11) is -2.07. The summed E-state index contributed by atoms with van der Waals surface area (Å²) in [5.41, 5.74) is 5.45. The van der Waals surface area contributed by atoms with Gasteiger partial charge in [-0.05, 0) is 30.3 Å². The number of sulfone groups is 1. The van der Waals surface area contributed by atoms with E-state index in [4.69, 9.17) is 16.4 Å². The Morgan fingerprint density at radius 1 is 0.615 bits per heavy atom. The Labute approximate surface area is 229 Å². The van der Waals surface area contributed by atoms with Gasteiger partial charge in [-0.15, -0.1) is 0 Å². The Balaban J connectivity index is 0.000000225. The minimum absolute atomic E-state index is 0.0394. The van der Waals surface area contributed by atoms with Crippen LogP contribution in [0.2, 0.25) is 0 Å². The molecule has 0 saturated carbocycles. The van der Waals surface area contributed by atoms with Crippen molar-refractivity contribution in [3.05, 3.63) is 135 Å². The zero-order valence-electron chi connectivity index (χ0n) is 20.0. The number of para-hydroxylation sites is 3. The van der Waals surface area contributed by atoms with Crippen LogP contribution in [0.1, 0.15) is 5.56 Å². The lowest BCUT2D eigenvalue weighted by molar-refractivity contribution is -0.385. The van der Waals surface area contributed by atoms with Gasteiger partial charge in [0.1, 0.15) is 5.69 Å². The Morgan fingerprint density at radius 2 is 1.03 bits per heavy atom. The molecule has 204 valence electrons. The normalized spacial score (nSPS) is 10.7. The molecule has 0 amide bonds. The number of nitrogens with zero attached hydrogens (tertiary/aromatic N) is 2. The molecule has 0 bridgehead atoms. The second-order valence-electron chi connectivity index (χ2n) is 7.52. The van der Waals surface area contributed by atoms with E-state index >= 15 is 0 Å². The summed E-state index contributed by atoms with van der Waals surface area (Å²) < 4.78 is 45.5. The standard InChI is InChI=1S/C13H11NO4S.C6H5ClO2S.C6H6N2O2/c15-14(16)13-9-5-4-6-11(13)10-19(17,18)12-7-2-1-3-8-12;7-10(8,9)6-4-2-1-3-5-6;7-5-3-1-2-4-6(5)8(9)10/h1-9H,10H2;1-5H;1-4H,7H2. The van der Waals surface area contributed by atoms with Gasteiger partial charge in [0.05, 0.1) is 25.4 Å². The summed E-state index contributed by atoms with van der Waals surface area (Å²) in [6.45, 7) is 0. The first-order valence-electron chi connectivity index (χ1n) is 10.8. The molecule has 0 aliphatic heterocycles. The van der Waals surface area contributed by atoms with E-state index in [1.807, 2.05) is 0 Å². The number of nitro groups is 2. The number of hydrogen-bond acceptors (Lipinski definition) is 9. The highest BCUT2D eigenvalue weighted by Crippen LogP contribution is 2.23. The van der Waals surface area contributed by atoms with Gasteiger partial charge in [-0.25, -0.2) is 16.8 Å². The molecule has 0 radical (unpaired) electrons. The molecule has 0 atom stereocenters. The van der Waals surface area contributed by atoms with Crippen molar-refractivity contribution in [3.63, 3.8) is 0 Å². The number of anilines is 1. The van der Waals surface area contributed by atoms with Gasteiger partial charge >= 0.3 is 0 Å². The number of nitrogen functional groups attached to an aromatic ring is 1. The van der Waals surface area contributed by atoms with Gasteiger partial charge < -0.3 is 5.73 Å². The lowest BCUT2D eigenvalue weighted by atomic mass is 10.2. The van der Waals surface area contributed by atoms with Crippen molar-refractivity contribution in [1.29, 1.82) is 0 Å². The first kappa shape index (κ1) is 30.9. The Bertz CT molecular complexity index is 1630. The molecule has 0 saturated heterocycles. The van der Waals surface area contributed by atoms with Crippen LogP contribution in [0, 0.1) is 20.2 Å². The molecule has 0 fully saturated rings. The van der Waals surface area contributed by atoms with E-state index < -0.39 is 28.7 Å². The topological polar surface area (TPSA) is 181 Å². The van der Waals surface area contributed by atoms with Crippen molar-refractivity contribution in [3.8, 4) is 0 Å². The van der Waals surface area contributed by atoms with Gasteiger partial charge in [0, 0.05) is 28.4 Å². The predicted molar refractivity (Wildman–Crippen MR) is 147 cm³/mol. The van der Waals surface area contributed by atoms with E-state index in [1.54, 1.807) is 54.6 Å². The van der Waals surface area contributed by atoms with Crippen molar-refractivity contribution in [2.24, 2.45) is 0 Å². The number of nitro benzene ring substituents is 2. The van der Waals surface area contributed by atoms with Crippen molar-refractivity contribution >= 4 is 46.6 Å². The maximum Gasteiger partial charge on any atom is 0.292 e. The Hall–Kier alpha value is -4.33. The van der Waals surface area contributed by atoms with Crippen LogP contribution in [0.5, 0.6) is 0 Å². The second kappa shape index (κ2) is 14.0. The van der Waals surface area contributed by atoms with E-state index in [0.29, 0.717) is 0 Å². The number of nitrogens with two attached hydrogens (primary N) is 1. The molecule has 11 nitrogen and oxygen atoms in total. The molecule has 0 spiro atoms. The lowest BCUT2D eigenvalue weighted by Gasteiger charge is -2.05. The first-order valence-corrected chi connectivity index (χ1v) is 14.8. The Morgan fingerprint density at radius 3 is 1.44 bits per heavy atom. The summed E-state index contributed by atoms with van der Waals surface area (Å²) in [5.74, 6) is -0.381. The molecule has 4 rings (SSSR count). The third kappa shape index (κ3) is 9.81. The van der Waals surface area contributed by atoms with E-state index in [-0.39, 0.29) is 38.2 Å². The Kier molecular flexibility index (Phi) is 11.1. The van der Waals surface area contributed by atoms with Crippen LogP contribution in [-0.4, -0.2) is 26.7 Å². The second-order valence-corrected chi connectivity index (χ2v) is 12.1. The number of hydrogen-bond donors (Lipinski definition) is 1. The van der Waals surface area contributed by atoms with Gasteiger partial charge in [0.15, 0.2) is 9.84 Å². The fourth-order valence-corrected chi connectivity index (χ4v) is 5.15. The first-order chi connectivity index (χ1) is 18.3. The average Bonchev–Trinajstić information content (AvgIpc) is 2.90. The maximum absolute atomic E-state index is 12.2. The number of benzene rings is 4. The number of halogens is 1. The van der Waals surface area contributed by atoms with E-state index in [1.165, 1.54) is 54.6 Å². The zero-order valence-corrected chi connectivity index (χ0v) is 22.4. The molecule has 0 heterocycles. The van der Waals surface area contributed by atoms with Gasteiger partial charge in [0.25, 0.3) is 20.4 Å². The fraction of sp³-hybridized carbons (Fsp3) is 0.0400. The van der Waals surface area contributed by atoms with Crippen LogP contribution in [-0.2, 0) is 24.6 Å². The third-order valence-electron chi connectivity index (χ3n) is 4.79. The van der Waals surface area contributed by atoms with Gasteiger partial charge in [-0.3, -0.25) is 20.2 Å². The third-order valence-corrected chi connectivity index (χ3v) is 7.85. The van der Waals surface area contributed by atoms with Gasteiger partial charge in [-0.1, -0.05) is 66.7 Å². The molecule has 2 N–H and O–H groups in total. The molecule has 14 heteroatoms. The summed E-state index contributed by atoms with van der Waals surface area (Å²) in [4.78, 5) is 20.2. The van der Waals surface area contributed by atoms with Crippen molar-refractivity contribution in [2.45, 2.75) is 15.5 Å². The molecule has 4 aromatic rings. The highest BCUT2D eigenvalue weighted by Gasteiger charge is 2.21. The SMILES string of the molecule is Nc1ccccc1[N+](=O)[O-].O=S(=O)(Cl)c1ccccc1.O=[N+]([O-])c1ccccc1CS(=O)(=O)c1ccccc1. The fourth-order valence-electron chi connectivity index (χ4n) is 2.96. The summed E-state index contributed by atoms with van der Waals surface area (Å²) in [6.07, 6.45) is 0. The predicted octanol–water partition coefficient (Wildman–Crippen LogP) is 5.36. The van der Waals surface area contributed by atoms with Crippen LogP contribution in [0.15, 0.2) is 119 Å². The van der Waals surface area contributed by atoms with Crippen LogP contribution < -0.4 is 5.73 Å². The molecule has 4 aromatic carbocycles. The minimum atomic E-state index is -3.57. The molecular weight excluding hydrogens is 570 g/mol. The summed E-state index contributed by atoms with van der Waals surface area (Å²) in [6, 6.07) is 27.7. The van der Waals surface area contributed by atoms with Crippen molar-refractivity contribution in [2.75, 3.05) is 5.73 Å². The largest absolute Gasteiger partial charge is 0.393 e. The molecule has 39 heavy (non-hydrogen) atoms. The summed E-state index contributed by atoms with van der Waals surface area (Å²) >= 11 is 0. The molecular formula is C25H22ClN3O8S2. The average molecular weight is 592 g/mol. The summed E-state index contributed by atoms with van der Waals surface area (Å²) in [5, 5.41) is 21.0. The monoisotopic (exact) mass is 591 g/mol. The molecule has 0 unspecified atom stereocenters. The number of rotatable bonds is 6. The van der Waals surface area contributed by atoms with E-state index in [0.717, 1.165) is 0 Å². The highest BCUT2D eigenvalue weighted by molar-refractivity contribution is 8.13. The quantitative estimate of drug-likeness (QED) is 0.133. The van der Waals surface area contributed by atoms with Gasteiger partial charge in [-0.2, -0.15) is 0 Å². The van der Waals surface area contributed by atoms with Crippen LogP contribution in [0.4, 0.5) is 17.1 Å². The maximum atomic E-state index is 12.2. The van der Waals surface area contributed by atoms with Crippen molar-refractivity contribution < 1.29 is 26.7 Å². The van der Waals surface area contributed by atoms with Crippen LogP contribution in [0.3, 0.4) is 0 Å². The van der Waals surface area contributed by atoms with E-state index in [2.05, 4.69) is 0 Å². The van der Waals surface area contributed by atoms with Gasteiger partial charge in [0.2, 0.25) is 0 Å². The highest BCUT2D eigenvalue weighted by atomic mass is 35.7. The smallest absolute Gasteiger partial charge is 0.292 e. The minimum Gasteiger partial charge on any atom is -0.393 e.